The molecule has 2 aliphatic heterocycles. The topological polar surface area (TPSA) is 81.3 Å². The van der Waals surface area contributed by atoms with E-state index in [9.17, 15) is 9.59 Å². The molecular weight excluding hydrogens is 330 g/mol. The molecule has 0 saturated carbocycles. The Morgan fingerprint density at radius 2 is 2.15 bits per heavy atom. The van der Waals surface area contributed by atoms with E-state index in [1.807, 2.05) is 4.90 Å². The van der Waals surface area contributed by atoms with Crippen molar-refractivity contribution in [3.63, 3.8) is 0 Å². The zero-order valence-corrected chi connectivity index (χ0v) is 16.2. The van der Waals surface area contributed by atoms with E-state index in [2.05, 4.69) is 41.2 Å². The molecule has 0 unspecified atom stereocenters. The van der Waals surface area contributed by atoms with E-state index in [1.54, 1.807) is 0 Å². The number of aromatic amines is 1. The number of hydrogen-bond donors (Lipinski definition) is 2. The molecule has 0 radical (unpaired) electrons. The van der Waals surface area contributed by atoms with Gasteiger partial charge in [-0.05, 0) is 25.3 Å². The molecule has 1 fully saturated rings. The Labute approximate surface area is 155 Å². The molecule has 0 aromatic carbocycles. The maximum Gasteiger partial charge on any atom is 0.237 e. The van der Waals surface area contributed by atoms with Gasteiger partial charge in [-0.1, -0.05) is 20.8 Å². The average Bonchev–Trinajstić information content (AvgIpc) is 3.04. The lowest BCUT2D eigenvalue weighted by molar-refractivity contribution is -0.139. The van der Waals surface area contributed by atoms with Gasteiger partial charge in [0.05, 0.1) is 18.2 Å². The first kappa shape index (κ1) is 18.9. The second-order valence-corrected chi connectivity index (χ2v) is 7.78. The fourth-order valence-corrected chi connectivity index (χ4v) is 3.83. The van der Waals surface area contributed by atoms with E-state index in [0.717, 1.165) is 49.3 Å². The van der Waals surface area contributed by atoms with Gasteiger partial charge in [-0.2, -0.15) is 5.10 Å². The molecule has 1 aromatic heterocycles. The van der Waals surface area contributed by atoms with E-state index in [-0.39, 0.29) is 24.3 Å². The Balaban J connectivity index is 1.64. The summed E-state index contributed by atoms with van der Waals surface area (Å²) < 4.78 is 0. The second kappa shape index (κ2) is 8.20. The number of fused-ring (bicyclic) bond motifs is 1. The molecule has 2 amide bonds. The van der Waals surface area contributed by atoms with Crippen LogP contribution in [0, 0.1) is 5.92 Å². The van der Waals surface area contributed by atoms with Gasteiger partial charge in [0.15, 0.2) is 0 Å². The lowest BCUT2D eigenvalue weighted by Crippen LogP contribution is -2.57. The summed E-state index contributed by atoms with van der Waals surface area (Å²) in [5.41, 5.74) is 3.36. The first-order chi connectivity index (χ1) is 12.5. The quantitative estimate of drug-likeness (QED) is 0.795. The van der Waals surface area contributed by atoms with Gasteiger partial charge >= 0.3 is 0 Å². The number of H-pyrrole nitrogens is 1. The lowest BCUT2D eigenvalue weighted by atomic mass is 10.0. The smallest absolute Gasteiger partial charge is 0.237 e. The molecule has 2 aliphatic rings. The molecule has 7 nitrogen and oxygen atoms in total. The Morgan fingerprint density at radius 1 is 1.35 bits per heavy atom. The summed E-state index contributed by atoms with van der Waals surface area (Å²) >= 11 is 0. The number of piperazine rings is 1. The summed E-state index contributed by atoms with van der Waals surface area (Å²) in [6.45, 7) is 10.1. The highest BCUT2D eigenvalue weighted by Gasteiger charge is 2.34. The molecule has 3 heterocycles. The number of amides is 2. The van der Waals surface area contributed by atoms with E-state index < -0.39 is 0 Å². The molecule has 0 aliphatic carbocycles. The van der Waals surface area contributed by atoms with Crippen LogP contribution < -0.4 is 5.32 Å². The van der Waals surface area contributed by atoms with Crippen LogP contribution in [0.3, 0.4) is 0 Å². The van der Waals surface area contributed by atoms with E-state index in [4.69, 9.17) is 0 Å². The van der Waals surface area contributed by atoms with Crippen LogP contribution in [0.1, 0.15) is 50.6 Å². The summed E-state index contributed by atoms with van der Waals surface area (Å²) in [7, 11) is 0. The molecule has 0 spiro atoms. The minimum absolute atomic E-state index is 0.0105. The van der Waals surface area contributed by atoms with Crippen LogP contribution in [0.25, 0.3) is 0 Å². The fourth-order valence-electron chi connectivity index (χ4n) is 3.83. The summed E-state index contributed by atoms with van der Waals surface area (Å²) in [5, 5.41) is 10.4. The summed E-state index contributed by atoms with van der Waals surface area (Å²) in [6.07, 6.45) is 2.97. The van der Waals surface area contributed by atoms with E-state index in [0.29, 0.717) is 25.6 Å². The minimum atomic E-state index is -0.341. The largest absolute Gasteiger partial charge is 0.353 e. The number of carbonyl (C=O) groups excluding carboxylic acids is 2. The van der Waals surface area contributed by atoms with Crippen LogP contribution in [0.2, 0.25) is 0 Å². The van der Waals surface area contributed by atoms with Gasteiger partial charge in [0, 0.05) is 43.9 Å². The molecule has 0 bridgehead atoms. The molecule has 1 saturated heterocycles. The number of rotatable bonds is 6. The molecule has 26 heavy (non-hydrogen) atoms. The molecular formula is C19H31N5O2. The fraction of sp³-hybridized carbons (Fsp3) is 0.737. The third-order valence-corrected chi connectivity index (χ3v) is 5.51. The van der Waals surface area contributed by atoms with Gasteiger partial charge in [0.2, 0.25) is 11.8 Å². The van der Waals surface area contributed by atoms with Crippen LogP contribution in [0.5, 0.6) is 0 Å². The SMILES string of the molecule is CCc1n[nH]c2c1CN(C(=O)C[C@H]1C(=O)NCCN1CCC(C)C)CC2. The molecule has 1 aromatic rings. The third-order valence-electron chi connectivity index (χ3n) is 5.51. The van der Waals surface area contributed by atoms with Gasteiger partial charge in [-0.15, -0.1) is 0 Å². The predicted molar refractivity (Wildman–Crippen MR) is 99.5 cm³/mol. The van der Waals surface area contributed by atoms with E-state index >= 15 is 0 Å². The van der Waals surface area contributed by atoms with Gasteiger partial charge in [-0.3, -0.25) is 19.6 Å². The number of carbonyl (C=O) groups is 2. The van der Waals surface area contributed by atoms with Crippen molar-refractivity contribution in [3.8, 4) is 0 Å². The highest BCUT2D eigenvalue weighted by Crippen LogP contribution is 2.22. The van der Waals surface area contributed by atoms with Crippen molar-refractivity contribution in [1.29, 1.82) is 0 Å². The normalized spacial score (nSPS) is 21.0. The number of nitrogens with zero attached hydrogens (tertiary/aromatic N) is 3. The van der Waals surface area contributed by atoms with Gasteiger partial charge in [0.1, 0.15) is 0 Å². The Hall–Kier alpha value is -1.89. The van der Waals surface area contributed by atoms with Crippen LogP contribution in [-0.2, 0) is 29.0 Å². The Bertz CT molecular complexity index is 641. The predicted octanol–water partition coefficient (Wildman–Crippen LogP) is 1.09. The molecule has 144 valence electrons. The molecule has 2 N–H and O–H groups in total. The Kier molecular flexibility index (Phi) is 5.96. The van der Waals surface area contributed by atoms with E-state index in [1.165, 1.54) is 0 Å². The second-order valence-electron chi connectivity index (χ2n) is 7.78. The van der Waals surface area contributed by atoms with Crippen molar-refractivity contribution in [3.05, 3.63) is 17.0 Å². The Morgan fingerprint density at radius 3 is 2.88 bits per heavy atom. The third kappa shape index (κ3) is 4.09. The van der Waals surface area contributed by atoms with Crippen molar-refractivity contribution in [2.75, 3.05) is 26.2 Å². The van der Waals surface area contributed by atoms with Crippen molar-refractivity contribution in [1.82, 2.24) is 25.3 Å². The van der Waals surface area contributed by atoms with Crippen molar-refractivity contribution in [2.45, 2.75) is 59.0 Å². The minimum Gasteiger partial charge on any atom is -0.353 e. The van der Waals surface area contributed by atoms with Crippen LogP contribution >= 0.6 is 0 Å². The summed E-state index contributed by atoms with van der Waals surface area (Å²) in [4.78, 5) is 29.4. The van der Waals surface area contributed by atoms with Crippen molar-refractivity contribution < 1.29 is 9.59 Å². The van der Waals surface area contributed by atoms with Crippen LogP contribution in [0.15, 0.2) is 0 Å². The van der Waals surface area contributed by atoms with Crippen molar-refractivity contribution >= 4 is 11.8 Å². The van der Waals surface area contributed by atoms with Gasteiger partial charge in [0.25, 0.3) is 0 Å². The van der Waals surface area contributed by atoms with Crippen molar-refractivity contribution in [2.24, 2.45) is 5.92 Å². The first-order valence-corrected chi connectivity index (χ1v) is 9.84. The van der Waals surface area contributed by atoms with Gasteiger partial charge in [-0.25, -0.2) is 0 Å². The monoisotopic (exact) mass is 361 g/mol. The van der Waals surface area contributed by atoms with Gasteiger partial charge < -0.3 is 10.2 Å². The number of aryl methyl sites for hydroxylation is 1. The lowest BCUT2D eigenvalue weighted by Gasteiger charge is -2.36. The first-order valence-electron chi connectivity index (χ1n) is 9.84. The average molecular weight is 361 g/mol. The summed E-state index contributed by atoms with van der Waals surface area (Å²) in [6, 6.07) is -0.341. The number of hydrogen-bond acceptors (Lipinski definition) is 4. The maximum atomic E-state index is 12.9. The zero-order chi connectivity index (χ0) is 18.7. The zero-order valence-electron chi connectivity index (χ0n) is 16.2. The molecule has 3 rings (SSSR count). The summed E-state index contributed by atoms with van der Waals surface area (Å²) in [5.74, 6) is 0.643. The standard InChI is InChI=1S/C19H31N5O2/c1-4-15-14-12-24(9-6-16(14)22-21-15)18(25)11-17-19(26)20-7-10-23(17)8-5-13(2)3/h13,17H,4-12H2,1-3H3,(H,20,26)(H,21,22)/t17-/m0/s1. The molecule has 7 heteroatoms. The maximum absolute atomic E-state index is 12.9. The number of aromatic nitrogens is 2. The van der Waals surface area contributed by atoms with Crippen LogP contribution in [0.4, 0.5) is 0 Å². The highest BCUT2D eigenvalue weighted by molar-refractivity contribution is 5.89. The van der Waals surface area contributed by atoms with Crippen LogP contribution in [-0.4, -0.2) is 64.0 Å². The number of nitrogens with one attached hydrogen (secondary N) is 2. The molecule has 1 atom stereocenters. The highest BCUT2D eigenvalue weighted by atomic mass is 16.2.